The van der Waals surface area contributed by atoms with Crippen molar-refractivity contribution in [1.29, 1.82) is 0 Å². The van der Waals surface area contributed by atoms with Crippen LogP contribution in [0.4, 0.5) is 11.4 Å². The molecular weight excluding hydrogens is 779 g/mol. The molecule has 2 unspecified atom stereocenters. The molecule has 6 aromatic rings. The molecule has 0 aliphatic heterocycles. The maximum Gasteiger partial charge on any atom is 0.144 e. The van der Waals surface area contributed by atoms with E-state index in [-0.39, 0.29) is 11.5 Å². The van der Waals surface area contributed by atoms with Gasteiger partial charge in [-0.2, -0.15) is 0 Å². The number of aliphatic hydroxyl groups is 2. The van der Waals surface area contributed by atoms with E-state index < -0.39 is 12.2 Å². The van der Waals surface area contributed by atoms with Gasteiger partial charge in [-0.15, -0.1) is 0 Å². The fourth-order valence-electron chi connectivity index (χ4n) is 5.39. The molecule has 6 N–H and O–H groups in total. The van der Waals surface area contributed by atoms with Crippen molar-refractivity contribution >= 4 is 69.7 Å². The fraction of sp³-hybridized carbons (Fsp3) is 0.163. The number of phenols is 2. The van der Waals surface area contributed by atoms with Crippen LogP contribution in [0.3, 0.4) is 0 Å². The monoisotopic (exact) mass is 818 g/mol. The van der Waals surface area contributed by atoms with Crippen LogP contribution in [0.1, 0.15) is 53.9 Å². The van der Waals surface area contributed by atoms with E-state index in [1.807, 2.05) is 54.6 Å². The average molecular weight is 820 g/mol. The molecule has 6 nitrogen and oxygen atoms in total. The second kappa shape index (κ2) is 19.6. The molecule has 0 aromatic heterocycles. The van der Waals surface area contributed by atoms with Gasteiger partial charge in [-0.1, -0.05) is 112 Å². The lowest BCUT2D eigenvalue weighted by Crippen LogP contribution is -2.03. The van der Waals surface area contributed by atoms with Crippen molar-refractivity contribution in [2.45, 2.75) is 65.7 Å². The summed E-state index contributed by atoms with van der Waals surface area (Å²) >= 11 is 21.6. The molecule has 0 amide bonds. The van der Waals surface area contributed by atoms with Crippen LogP contribution in [0.2, 0.25) is 15.1 Å². The van der Waals surface area contributed by atoms with Gasteiger partial charge in [-0.3, -0.25) is 0 Å². The molecule has 0 fully saturated rings. The molecule has 280 valence electrons. The Hall–Kier alpha value is -3.99. The Kier molecular flexibility index (Phi) is 14.9. The molecule has 6 aromatic carbocycles. The van der Waals surface area contributed by atoms with Crippen molar-refractivity contribution in [1.82, 2.24) is 0 Å². The van der Waals surface area contributed by atoms with Gasteiger partial charge < -0.3 is 31.1 Å². The zero-order valence-corrected chi connectivity index (χ0v) is 33.8. The second-order valence-electron chi connectivity index (χ2n) is 12.5. The lowest BCUT2D eigenvalue weighted by atomic mass is 10.1. The summed E-state index contributed by atoms with van der Waals surface area (Å²) in [7, 11) is 0. The number of nitrogens with one attached hydrogen (secondary N) is 2. The molecule has 54 heavy (non-hydrogen) atoms. The maximum atomic E-state index is 10.4. The first kappa shape index (κ1) is 41.2. The smallest absolute Gasteiger partial charge is 0.144 e. The normalized spacial score (nSPS) is 12.0. The predicted octanol–water partition coefficient (Wildman–Crippen LogP) is 12.7. The molecule has 0 aliphatic rings. The first-order chi connectivity index (χ1) is 25.9. The van der Waals surface area contributed by atoms with E-state index in [4.69, 9.17) is 34.8 Å². The number of hydrogen-bond acceptors (Lipinski definition) is 8. The van der Waals surface area contributed by atoms with Crippen molar-refractivity contribution in [3.8, 4) is 11.5 Å². The molecule has 2 atom stereocenters. The Morgan fingerprint density at radius 3 is 1.33 bits per heavy atom. The predicted molar refractivity (Wildman–Crippen MR) is 226 cm³/mol. The minimum absolute atomic E-state index is 0.0113. The molecule has 0 bridgehead atoms. The Bertz CT molecular complexity index is 2010. The maximum absolute atomic E-state index is 10.4. The van der Waals surface area contributed by atoms with Crippen molar-refractivity contribution < 1.29 is 20.4 Å². The van der Waals surface area contributed by atoms with Crippen LogP contribution in [0.15, 0.2) is 141 Å². The zero-order valence-electron chi connectivity index (χ0n) is 29.9. The van der Waals surface area contributed by atoms with Crippen molar-refractivity contribution in [3.63, 3.8) is 0 Å². The molecule has 0 saturated carbocycles. The summed E-state index contributed by atoms with van der Waals surface area (Å²) in [6.45, 7) is 6.30. The summed E-state index contributed by atoms with van der Waals surface area (Å²) in [6.07, 6.45) is -1.61. The topological polar surface area (TPSA) is 105 Å². The first-order valence-corrected chi connectivity index (χ1v) is 19.9. The molecule has 0 heterocycles. The Morgan fingerprint density at radius 2 is 0.926 bits per heavy atom. The van der Waals surface area contributed by atoms with Gasteiger partial charge in [0.25, 0.3) is 0 Å². The van der Waals surface area contributed by atoms with Crippen LogP contribution < -0.4 is 10.6 Å². The number of benzene rings is 6. The molecule has 11 heteroatoms. The molecule has 0 radical (unpaired) electrons. The summed E-state index contributed by atoms with van der Waals surface area (Å²) in [5.74, 6) is 0.0373. The van der Waals surface area contributed by atoms with Gasteiger partial charge in [0.2, 0.25) is 0 Å². The van der Waals surface area contributed by atoms with Crippen LogP contribution in [-0.4, -0.2) is 20.4 Å². The van der Waals surface area contributed by atoms with Crippen LogP contribution in [0.5, 0.6) is 11.5 Å². The largest absolute Gasteiger partial charge is 0.505 e. The number of hydrogen-bond donors (Lipinski definition) is 6. The summed E-state index contributed by atoms with van der Waals surface area (Å²) in [5, 5.41) is 48.5. The summed E-state index contributed by atoms with van der Waals surface area (Å²) in [5.41, 5.74) is 5.23. The second-order valence-corrected chi connectivity index (χ2v) is 16.1. The highest BCUT2D eigenvalue weighted by atomic mass is 35.5. The van der Waals surface area contributed by atoms with Gasteiger partial charge in [0.05, 0.1) is 23.6 Å². The van der Waals surface area contributed by atoms with E-state index in [2.05, 4.69) is 60.0 Å². The SMILES string of the molecule is CC(O)c1cc(Cl)cc(NCc2ccccc2Sc2ccc(Cl)cc2)c1O.Cc1ccc(Sc2ccccc2CNc2cc(Cl)cc(C(C)O)c2O)cc1. The number of aromatic hydroxyl groups is 2. The van der Waals surface area contributed by atoms with Gasteiger partial charge in [0.1, 0.15) is 11.5 Å². The van der Waals surface area contributed by atoms with Crippen LogP contribution in [0.25, 0.3) is 0 Å². The minimum atomic E-state index is -0.808. The van der Waals surface area contributed by atoms with E-state index in [9.17, 15) is 20.4 Å². The highest BCUT2D eigenvalue weighted by molar-refractivity contribution is 7.99. The third kappa shape index (κ3) is 11.5. The highest BCUT2D eigenvalue weighted by Crippen LogP contribution is 2.38. The van der Waals surface area contributed by atoms with Gasteiger partial charge in [-0.05, 0) is 105 Å². The molecular formula is C43H41Cl3N2O4S2. The molecule has 0 aliphatic carbocycles. The summed E-state index contributed by atoms with van der Waals surface area (Å²) < 4.78 is 0. The lowest BCUT2D eigenvalue weighted by molar-refractivity contribution is 0.194. The Balaban J connectivity index is 0.000000208. The number of aryl methyl sites for hydroxylation is 1. The highest BCUT2D eigenvalue weighted by Gasteiger charge is 2.16. The number of halogens is 3. The van der Waals surface area contributed by atoms with Crippen molar-refractivity contribution in [2.75, 3.05) is 10.6 Å². The number of phenolic OH excluding ortho intramolecular Hbond substituents is 2. The molecule has 0 spiro atoms. The number of rotatable bonds is 12. The van der Waals surface area contributed by atoms with E-state index >= 15 is 0 Å². The van der Waals surface area contributed by atoms with Crippen LogP contribution >= 0.6 is 58.3 Å². The van der Waals surface area contributed by atoms with Crippen LogP contribution in [0, 0.1) is 6.92 Å². The number of anilines is 2. The van der Waals surface area contributed by atoms with E-state index in [1.54, 1.807) is 61.6 Å². The Labute approximate surface area is 340 Å². The van der Waals surface area contributed by atoms with Gasteiger partial charge in [0.15, 0.2) is 0 Å². The van der Waals surface area contributed by atoms with Crippen molar-refractivity contribution in [3.05, 3.63) is 164 Å². The third-order valence-corrected chi connectivity index (χ3v) is 11.2. The van der Waals surface area contributed by atoms with Gasteiger partial charge >= 0.3 is 0 Å². The fourth-order valence-corrected chi connectivity index (χ4v) is 7.86. The molecule has 6 rings (SSSR count). The van der Waals surface area contributed by atoms with Crippen molar-refractivity contribution in [2.24, 2.45) is 0 Å². The molecule has 0 saturated heterocycles. The summed E-state index contributed by atoms with van der Waals surface area (Å²) in [6, 6.07) is 38.8. The number of aliphatic hydroxyl groups excluding tert-OH is 2. The van der Waals surface area contributed by atoms with E-state index in [1.165, 1.54) is 10.5 Å². The van der Waals surface area contributed by atoms with E-state index in [0.29, 0.717) is 50.7 Å². The van der Waals surface area contributed by atoms with E-state index in [0.717, 1.165) is 25.8 Å². The van der Waals surface area contributed by atoms with Gasteiger partial charge in [0, 0.05) is 58.9 Å². The summed E-state index contributed by atoms with van der Waals surface area (Å²) in [4.78, 5) is 4.51. The Morgan fingerprint density at radius 1 is 0.537 bits per heavy atom. The standard InChI is InChI=1S/C22H22ClNO2S.C21H19Cl2NO2S/c1-14-7-9-18(10-8-14)27-21-6-4-3-5-16(21)13-24-20-12-17(23)11-19(15(2)25)22(20)26;1-13(25)18-10-16(23)11-19(21(18)26)24-12-14-4-2-3-5-20(14)27-17-8-6-15(22)7-9-17/h3-12,15,24-26H,13H2,1-2H3;2-11,13,24-26H,12H2,1H3. The van der Waals surface area contributed by atoms with Crippen LogP contribution in [-0.2, 0) is 13.1 Å². The van der Waals surface area contributed by atoms with Gasteiger partial charge in [-0.25, -0.2) is 0 Å². The zero-order chi connectivity index (χ0) is 38.8. The quantitative estimate of drug-likeness (QED) is 0.0678. The third-order valence-electron chi connectivity index (χ3n) is 8.28. The minimum Gasteiger partial charge on any atom is -0.505 e. The lowest BCUT2D eigenvalue weighted by Gasteiger charge is -2.16. The average Bonchev–Trinajstić information content (AvgIpc) is 3.15. The first-order valence-electron chi connectivity index (χ1n) is 17.1.